The van der Waals surface area contributed by atoms with Gasteiger partial charge >= 0.3 is 0 Å². The second-order valence-electron chi connectivity index (χ2n) is 6.72. The smallest absolute Gasteiger partial charge is 0.214 e. The zero-order valence-electron chi connectivity index (χ0n) is 13.1. The van der Waals surface area contributed by atoms with Crippen LogP contribution >= 0.6 is 0 Å². The molecule has 1 aliphatic heterocycles. The van der Waals surface area contributed by atoms with E-state index >= 15 is 0 Å². The number of rotatable bonds is 6. The quantitative estimate of drug-likeness (QED) is 0.816. The van der Waals surface area contributed by atoms with Crippen LogP contribution in [0.2, 0.25) is 0 Å². The third kappa shape index (κ3) is 4.72. The summed E-state index contributed by atoms with van der Waals surface area (Å²) < 4.78 is 26.7. The highest BCUT2D eigenvalue weighted by Crippen LogP contribution is 2.25. The number of nitrogens with zero attached hydrogens (tertiary/aromatic N) is 1. The molecular weight excluding hydrogens is 260 g/mol. The van der Waals surface area contributed by atoms with Crippen molar-refractivity contribution in [2.75, 3.05) is 18.8 Å². The zero-order valence-corrected chi connectivity index (χ0v) is 13.9. The van der Waals surface area contributed by atoms with Gasteiger partial charge in [0.2, 0.25) is 10.0 Å². The van der Waals surface area contributed by atoms with E-state index < -0.39 is 10.0 Å². The maximum Gasteiger partial charge on any atom is 0.214 e. The van der Waals surface area contributed by atoms with Crippen LogP contribution in [0.15, 0.2) is 0 Å². The van der Waals surface area contributed by atoms with Gasteiger partial charge < -0.3 is 5.32 Å². The SMILES string of the molecule is CCCCS(=O)(=O)N1CC(CC(C)C)NCC1(C)C. The Kier molecular flexibility index (Phi) is 5.83. The van der Waals surface area contributed by atoms with Gasteiger partial charge in [0, 0.05) is 24.7 Å². The van der Waals surface area contributed by atoms with Crippen LogP contribution in [0.4, 0.5) is 0 Å². The average Bonchev–Trinajstić information content (AvgIpc) is 2.28. The molecule has 1 heterocycles. The summed E-state index contributed by atoms with van der Waals surface area (Å²) >= 11 is 0. The van der Waals surface area contributed by atoms with E-state index in [1.54, 1.807) is 4.31 Å². The van der Waals surface area contributed by atoms with Crippen LogP contribution in [-0.2, 0) is 10.0 Å². The predicted molar refractivity (Wildman–Crippen MR) is 80.7 cm³/mol. The molecule has 0 aromatic carbocycles. The fourth-order valence-electron chi connectivity index (χ4n) is 2.65. The summed E-state index contributed by atoms with van der Waals surface area (Å²) in [5.74, 6) is 0.861. The van der Waals surface area contributed by atoms with Crippen molar-refractivity contribution in [1.29, 1.82) is 0 Å². The van der Waals surface area contributed by atoms with Gasteiger partial charge in [0.15, 0.2) is 0 Å². The molecule has 19 heavy (non-hydrogen) atoms. The Bertz CT molecular complexity index is 377. The molecule has 1 aliphatic rings. The molecule has 0 saturated carbocycles. The Hall–Kier alpha value is -0.130. The van der Waals surface area contributed by atoms with E-state index in [9.17, 15) is 8.42 Å². The van der Waals surface area contributed by atoms with Crippen LogP contribution in [0, 0.1) is 5.92 Å². The van der Waals surface area contributed by atoms with Gasteiger partial charge in [0.05, 0.1) is 5.75 Å². The van der Waals surface area contributed by atoms with Gasteiger partial charge in [-0.05, 0) is 32.6 Å². The lowest BCUT2D eigenvalue weighted by Crippen LogP contribution is -2.63. The standard InChI is InChI=1S/C14H30N2O2S/c1-6-7-8-19(17,18)16-10-13(9-12(2)3)15-11-14(16,4)5/h12-13,15H,6-11H2,1-5H3. The summed E-state index contributed by atoms with van der Waals surface area (Å²) in [6, 6.07) is 0.282. The van der Waals surface area contributed by atoms with E-state index in [4.69, 9.17) is 0 Å². The molecule has 0 aromatic rings. The molecule has 0 aromatic heterocycles. The van der Waals surface area contributed by atoms with Crippen molar-refractivity contribution in [3.05, 3.63) is 0 Å². The lowest BCUT2D eigenvalue weighted by Gasteiger charge is -2.45. The first-order valence-electron chi connectivity index (χ1n) is 7.43. The normalized spacial score (nSPS) is 24.8. The highest BCUT2D eigenvalue weighted by atomic mass is 32.2. The summed E-state index contributed by atoms with van der Waals surface area (Å²) in [5, 5.41) is 3.49. The van der Waals surface area contributed by atoms with Gasteiger partial charge in [-0.15, -0.1) is 0 Å². The van der Waals surface area contributed by atoms with Gasteiger partial charge in [0.1, 0.15) is 0 Å². The molecule has 1 atom stereocenters. The molecule has 1 rings (SSSR count). The molecule has 0 radical (unpaired) electrons. The first-order chi connectivity index (χ1) is 8.69. The van der Waals surface area contributed by atoms with Crippen molar-refractivity contribution in [3.8, 4) is 0 Å². The minimum Gasteiger partial charge on any atom is -0.311 e. The fourth-order valence-corrected chi connectivity index (χ4v) is 4.75. The predicted octanol–water partition coefficient (Wildman–Crippen LogP) is 2.21. The second kappa shape index (κ2) is 6.55. The molecule has 0 amide bonds. The van der Waals surface area contributed by atoms with Crippen LogP contribution in [0.25, 0.3) is 0 Å². The number of sulfonamides is 1. The van der Waals surface area contributed by atoms with Crippen LogP contribution in [0.3, 0.4) is 0 Å². The Balaban J connectivity index is 2.81. The van der Waals surface area contributed by atoms with Crippen LogP contribution in [0.5, 0.6) is 0 Å². The second-order valence-corrected chi connectivity index (χ2v) is 8.73. The number of nitrogens with one attached hydrogen (secondary N) is 1. The highest BCUT2D eigenvalue weighted by molar-refractivity contribution is 7.89. The van der Waals surface area contributed by atoms with Crippen LogP contribution in [0.1, 0.15) is 53.9 Å². The molecule has 1 N–H and O–H groups in total. The summed E-state index contributed by atoms with van der Waals surface area (Å²) in [5.41, 5.74) is -0.319. The van der Waals surface area contributed by atoms with Gasteiger partial charge in [-0.2, -0.15) is 4.31 Å². The highest BCUT2D eigenvalue weighted by Gasteiger charge is 2.40. The monoisotopic (exact) mass is 290 g/mol. The maximum absolute atomic E-state index is 12.5. The van der Waals surface area contributed by atoms with Crippen molar-refractivity contribution in [3.63, 3.8) is 0 Å². The van der Waals surface area contributed by atoms with E-state index in [2.05, 4.69) is 19.2 Å². The molecular formula is C14H30N2O2S. The topological polar surface area (TPSA) is 49.4 Å². The molecule has 0 spiro atoms. The third-order valence-corrected chi connectivity index (χ3v) is 5.85. The maximum atomic E-state index is 12.5. The number of hydrogen-bond donors (Lipinski definition) is 1. The van der Waals surface area contributed by atoms with Crippen LogP contribution in [-0.4, -0.2) is 43.1 Å². The fraction of sp³-hybridized carbons (Fsp3) is 1.00. The van der Waals surface area contributed by atoms with E-state index in [0.29, 0.717) is 12.5 Å². The first kappa shape index (κ1) is 16.9. The van der Waals surface area contributed by atoms with Gasteiger partial charge in [-0.3, -0.25) is 0 Å². The van der Waals surface area contributed by atoms with Crippen molar-refractivity contribution in [2.24, 2.45) is 5.92 Å². The summed E-state index contributed by atoms with van der Waals surface area (Å²) in [6.07, 6.45) is 2.69. The van der Waals surface area contributed by atoms with Crippen molar-refractivity contribution >= 4 is 10.0 Å². The minimum absolute atomic E-state index is 0.279. The molecule has 114 valence electrons. The molecule has 0 aliphatic carbocycles. The summed E-state index contributed by atoms with van der Waals surface area (Å²) in [7, 11) is -3.13. The van der Waals surface area contributed by atoms with Crippen molar-refractivity contribution in [1.82, 2.24) is 9.62 Å². The number of hydrogen-bond acceptors (Lipinski definition) is 3. The Labute approximate surface area is 119 Å². The molecule has 0 bridgehead atoms. The van der Waals surface area contributed by atoms with Crippen LogP contribution < -0.4 is 5.32 Å². The summed E-state index contributed by atoms with van der Waals surface area (Å²) in [6.45, 7) is 11.7. The minimum atomic E-state index is -3.13. The molecule has 1 unspecified atom stereocenters. The molecule has 5 heteroatoms. The Morgan fingerprint density at radius 2 is 2.00 bits per heavy atom. The average molecular weight is 290 g/mol. The van der Waals surface area contributed by atoms with E-state index in [1.807, 2.05) is 20.8 Å². The van der Waals surface area contributed by atoms with E-state index in [1.165, 1.54) is 0 Å². The molecule has 1 fully saturated rings. The van der Waals surface area contributed by atoms with Gasteiger partial charge in [-0.25, -0.2) is 8.42 Å². The molecule has 1 saturated heterocycles. The van der Waals surface area contributed by atoms with Gasteiger partial charge in [-0.1, -0.05) is 27.2 Å². The largest absolute Gasteiger partial charge is 0.311 e. The number of unbranched alkanes of at least 4 members (excludes halogenated alkanes) is 1. The first-order valence-corrected chi connectivity index (χ1v) is 9.04. The Morgan fingerprint density at radius 1 is 1.37 bits per heavy atom. The number of piperazine rings is 1. The lowest BCUT2D eigenvalue weighted by atomic mass is 9.96. The van der Waals surface area contributed by atoms with Crippen molar-refractivity contribution < 1.29 is 8.42 Å². The van der Waals surface area contributed by atoms with Gasteiger partial charge in [0.25, 0.3) is 0 Å². The van der Waals surface area contributed by atoms with Crippen molar-refractivity contribution in [2.45, 2.75) is 65.5 Å². The van der Waals surface area contributed by atoms with E-state index in [0.717, 1.165) is 25.8 Å². The van der Waals surface area contributed by atoms with E-state index in [-0.39, 0.29) is 17.3 Å². The Morgan fingerprint density at radius 3 is 2.53 bits per heavy atom. The third-order valence-electron chi connectivity index (χ3n) is 3.73. The molecule has 4 nitrogen and oxygen atoms in total. The lowest BCUT2D eigenvalue weighted by molar-refractivity contribution is 0.143. The zero-order chi connectivity index (χ0) is 14.7. The summed E-state index contributed by atoms with van der Waals surface area (Å²) in [4.78, 5) is 0.